The molecule has 88 valence electrons. The lowest BCUT2D eigenvalue weighted by molar-refractivity contribution is 0.398. The third kappa shape index (κ3) is 2.69. The van der Waals surface area contributed by atoms with Gasteiger partial charge >= 0.3 is 0 Å². The first-order valence-corrected chi connectivity index (χ1v) is 6.91. The Kier molecular flexibility index (Phi) is 4.09. The predicted molar refractivity (Wildman–Crippen MR) is 72.2 cm³/mol. The highest BCUT2D eigenvalue weighted by atomic mass is 79.9. The Morgan fingerprint density at radius 1 is 1.50 bits per heavy atom. The molecule has 1 atom stereocenters. The minimum atomic E-state index is 0.286. The number of hydrogen-bond donors (Lipinski definition) is 0. The molecule has 0 aromatic carbocycles. The smallest absolute Gasteiger partial charge is 0.142 e. The molecule has 2 rings (SSSR count). The van der Waals surface area contributed by atoms with Gasteiger partial charge in [0, 0.05) is 24.7 Å². The summed E-state index contributed by atoms with van der Waals surface area (Å²) in [7, 11) is 0. The number of anilines is 1. The topological polar surface area (TPSA) is 16.1 Å². The van der Waals surface area contributed by atoms with Gasteiger partial charge in [0.2, 0.25) is 0 Å². The third-order valence-electron chi connectivity index (χ3n) is 3.23. The van der Waals surface area contributed by atoms with E-state index in [0.717, 1.165) is 36.2 Å². The number of hydrogen-bond acceptors (Lipinski definition) is 2. The van der Waals surface area contributed by atoms with Crippen LogP contribution in [0.4, 0.5) is 5.82 Å². The second-order valence-electron chi connectivity index (χ2n) is 4.31. The third-order valence-corrected chi connectivity index (χ3v) is 4.20. The standard InChI is InChI=1S/C12H16BrClN2/c1-9(14)10-4-7-16(8-5-10)12-11(13)3-2-6-15-12/h2-3,6,9-10H,4-5,7-8H2,1H3. The van der Waals surface area contributed by atoms with Crippen LogP contribution in [0.3, 0.4) is 0 Å². The molecule has 0 amide bonds. The molecule has 1 aromatic heterocycles. The van der Waals surface area contributed by atoms with Crippen LogP contribution in [0, 0.1) is 5.92 Å². The molecule has 1 fully saturated rings. The van der Waals surface area contributed by atoms with E-state index in [9.17, 15) is 0 Å². The fraction of sp³-hybridized carbons (Fsp3) is 0.583. The van der Waals surface area contributed by atoms with Gasteiger partial charge in [0.25, 0.3) is 0 Å². The Labute approximate surface area is 110 Å². The summed E-state index contributed by atoms with van der Waals surface area (Å²) in [5.74, 6) is 1.71. The average Bonchev–Trinajstić information content (AvgIpc) is 2.30. The highest BCUT2D eigenvalue weighted by Gasteiger charge is 2.24. The van der Waals surface area contributed by atoms with Crippen LogP contribution in [0.25, 0.3) is 0 Å². The van der Waals surface area contributed by atoms with Gasteiger partial charge in [-0.2, -0.15) is 0 Å². The van der Waals surface area contributed by atoms with Crippen LogP contribution in [0.2, 0.25) is 0 Å². The van der Waals surface area contributed by atoms with Crippen molar-refractivity contribution in [2.75, 3.05) is 18.0 Å². The Morgan fingerprint density at radius 3 is 2.75 bits per heavy atom. The van der Waals surface area contributed by atoms with E-state index < -0.39 is 0 Å². The van der Waals surface area contributed by atoms with Gasteiger partial charge in [-0.1, -0.05) is 0 Å². The van der Waals surface area contributed by atoms with Crippen molar-refractivity contribution >= 4 is 33.3 Å². The molecule has 2 nitrogen and oxygen atoms in total. The van der Waals surface area contributed by atoms with E-state index in [2.05, 4.69) is 32.7 Å². The Hall–Kier alpha value is -0.280. The number of nitrogens with zero attached hydrogens (tertiary/aromatic N) is 2. The molecule has 4 heteroatoms. The molecule has 0 N–H and O–H groups in total. The lowest BCUT2D eigenvalue weighted by Gasteiger charge is -2.34. The number of aromatic nitrogens is 1. The number of halogens is 2. The lowest BCUT2D eigenvalue weighted by atomic mass is 9.94. The van der Waals surface area contributed by atoms with Gasteiger partial charge in [-0.05, 0) is 53.7 Å². The average molecular weight is 304 g/mol. The van der Waals surface area contributed by atoms with Crippen molar-refractivity contribution in [3.8, 4) is 0 Å². The maximum Gasteiger partial charge on any atom is 0.142 e. The van der Waals surface area contributed by atoms with Gasteiger partial charge in [0.05, 0.1) is 4.47 Å². The van der Waals surface area contributed by atoms with Crippen LogP contribution >= 0.6 is 27.5 Å². The monoisotopic (exact) mass is 302 g/mol. The minimum Gasteiger partial charge on any atom is -0.356 e. The quantitative estimate of drug-likeness (QED) is 0.775. The highest BCUT2D eigenvalue weighted by Crippen LogP contribution is 2.29. The SMILES string of the molecule is CC(Cl)C1CCN(c2ncccc2Br)CC1. The first-order valence-electron chi connectivity index (χ1n) is 5.68. The van der Waals surface area contributed by atoms with Crippen molar-refractivity contribution in [2.45, 2.75) is 25.1 Å². The zero-order chi connectivity index (χ0) is 11.5. The fourth-order valence-corrected chi connectivity index (χ4v) is 2.94. The molecule has 1 aliphatic rings. The Morgan fingerprint density at radius 2 is 2.19 bits per heavy atom. The number of pyridine rings is 1. The molecule has 0 bridgehead atoms. The largest absolute Gasteiger partial charge is 0.356 e. The van der Waals surface area contributed by atoms with Gasteiger partial charge in [-0.3, -0.25) is 0 Å². The Bertz CT molecular complexity index is 349. The van der Waals surface area contributed by atoms with E-state index in [-0.39, 0.29) is 5.38 Å². The highest BCUT2D eigenvalue weighted by molar-refractivity contribution is 9.10. The van der Waals surface area contributed by atoms with Crippen LogP contribution in [-0.2, 0) is 0 Å². The van der Waals surface area contributed by atoms with Crippen LogP contribution < -0.4 is 4.90 Å². The van der Waals surface area contributed by atoms with Crippen molar-refractivity contribution in [1.29, 1.82) is 0 Å². The fourth-order valence-electron chi connectivity index (χ4n) is 2.18. The molecule has 1 unspecified atom stereocenters. The maximum absolute atomic E-state index is 6.14. The first-order chi connectivity index (χ1) is 7.68. The number of alkyl halides is 1. The second kappa shape index (κ2) is 5.37. The number of rotatable bonds is 2. The first kappa shape index (κ1) is 12.2. The summed E-state index contributed by atoms with van der Waals surface area (Å²) in [6, 6.07) is 3.99. The summed E-state index contributed by atoms with van der Waals surface area (Å²) in [6.07, 6.45) is 4.16. The summed E-state index contributed by atoms with van der Waals surface area (Å²) in [4.78, 5) is 6.75. The summed E-state index contributed by atoms with van der Waals surface area (Å²) in [5, 5.41) is 0.286. The molecule has 0 aliphatic carbocycles. The molecular formula is C12H16BrClN2. The summed E-state index contributed by atoms with van der Waals surface area (Å²) >= 11 is 9.68. The molecule has 16 heavy (non-hydrogen) atoms. The molecule has 0 radical (unpaired) electrons. The molecule has 1 aliphatic heterocycles. The predicted octanol–water partition coefficient (Wildman–Crippen LogP) is 3.69. The Balaban J connectivity index is 2.02. The van der Waals surface area contributed by atoms with Crippen molar-refractivity contribution in [2.24, 2.45) is 5.92 Å². The molecule has 0 saturated carbocycles. The molecule has 0 spiro atoms. The van der Waals surface area contributed by atoms with E-state index in [0.29, 0.717) is 5.92 Å². The van der Waals surface area contributed by atoms with Crippen molar-refractivity contribution in [3.05, 3.63) is 22.8 Å². The van der Waals surface area contributed by atoms with Gasteiger partial charge in [-0.15, -0.1) is 11.6 Å². The van der Waals surface area contributed by atoms with Crippen LogP contribution in [0.15, 0.2) is 22.8 Å². The van der Waals surface area contributed by atoms with E-state index in [1.165, 1.54) is 0 Å². The molecule has 2 heterocycles. The molecule has 1 saturated heterocycles. The summed E-state index contributed by atoms with van der Waals surface area (Å²) in [6.45, 7) is 4.20. The van der Waals surface area contributed by atoms with Crippen LogP contribution in [0.5, 0.6) is 0 Å². The van der Waals surface area contributed by atoms with Gasteiger partial charge in [0.15, 0.2) is 0 Å². The minimum absolute atomic E-state index is 0.286. The van der Waals surface area contributed by atoms with Crippen LogP contribution in [-0.4, -0.2) is 23.5 Å². The van der Waals surface area contributed by atoms with E-state index in [4.69, 9.17) is 11.6 Å². The van der Waals surface area contributed by atoms with E-state index in [1.54, 1.807) is 0 Å². The van der Waals surface area contributed by atoms with Gasteiger partial charge < -0.3 is 4.90 Å². The summed E-state index contributed by atoms with van der Waals surface area (Å²) in [5.41, 5.74) is 0. The second-order valence-corrected chi connectivity index (χ2v) is 5.85. The number of piperidine rings is 1. The van der Waals surface area contributed by atoms with E-state index in [1.807, 2.05) is 18.3 Å². The van der Waals surface area contributed by atoms with Crippen molar-refractivity contribution < 1.29 is 0 Å². The van der Waals surface area contributed by atoms with Crippen molar-refractivity contribution in [3.63, 3.8) is 0 Å². The van der Waals surface area contributed by atoms with Crippen molar-refractivity contribution in [1.82, 2.24) is 4.98 Å². The normalized spacial score (nSPS) is 19.8. The van der Waals surface area contributed by atoms with E-state index >= 15 is 0 Å². The molecular weight excluding hydrogens is 288 g/mol. The molecule has 1 aromatic rings. The summed E-state index contributed by atoms with van der Waals surface area (Å²) < 4.78 is 1.08. The van der Waals surface area contributed by atoms with Gasteiger partial charge in [-0.25, -0.2) is 4.98 Å². The lowest BCUT2D eigenvalue weighted by Crippen LogP contribution is -2.36. The van der Waals surface area contributed by atoms with Gasteiger partial charge in [0.1, 0.15) is 5.82 Å². The maximum atomic E-state index is 6.14. The zero-order valence-electron chi connectivity index (χ0n) is 9.37. The zero-order valence-corrected chi connectivity index (χ0v) is 11.7. The van der Waals surface area contributed by atoms with Crippen LogP contribution in [0.1, 0.15) is 19.8 Å².